The molecule has 1 saturated carbocycles. The number of morpholine rings is 1. The lowest BCUT2D eigenvalue weighted by molar-refractivity contribution is 0.0231. The molecule has 0 unspecified atom stereocenters. The highest BCUT2D eigenvalue weighted by Crippen LogP contribution is 2.48. The quantitative estimate of drug-likeness (QED) is 0.237. The van der Waals surface area contributed by atoms with Crippen LogP contribution in [0.4, 0.5) is 15.9 Å². The normalized spacial score (nSPS) is 26.0. The summed E-state index contributed by atoms with van der Waals surface area (Å²) in [5.74, 6) is 3.09. The summed E-state index contributed by atoms with van der Waals surface area (Å²) in [7, 11) is 0. The first-order valence-corrected chi connectivity index (χ1v) is 16.7. The lowest BCUT2D eigenvalue weighted by Gasteiger charge is -2.42. The summed E-state index contributed by atoms with van der Waals surface area (Å²) < 4.78 is 35.8. The Labute approximate surface area is 272 Å². The van der Waals surface area contributed by atoms with Crippen LogP contribution in [0.15, 0.2) is 30.3 Å². The summed E-state index contributed by atoms with van der Waals surface area (Å²) in [5.41, 5.74) is 8.20. The van der Waals surface area contributed by atoms with E-state index in [1.54, 1.807) is 6.07 Å². The maximum atomic E-state index is 17.2. The van der Waals surface area contributed by atoms with Crippen molar-refractivity contribution in [2.24, 2.45) is 5.41 Å². The number of anilines is 2. The minimum atomic E-state index is -0.585. The van der Waals surface area contributed by atoms with Gasteiger partial charge in [0.2, 0.25) is 5.88 Å². The molecule has 2 bridgehead atoms. The molecule has 4 aliphatic heterocycles. The summed E-state index contributed by atoms with van der Waals surface area (Å²) >= 11 is 0. The number of piperazine rings is 1. The summed E-state index contributed by atoms with van der Waals surface area (Å²) in [6.07, 6.45) is 9.94. The van der Waals surface area contributed by atoms with Gasteiger partial charge in [-0.2, -0.15) is 9.97 Å². The average molecular weight is 636 g/mol. The number of nitrogen functional groups attached to an aromatic ring is 1. The van der Waals surface area contributed by atoms with Crippen molar-refractivity contribution >= 4 is 33.2 Å². The second-order valence-corrected chi connectivity index (χ2v) is 13.9. The van der Waals surface area contributed by atoms with Crippen molar-refractivity contribution in [3.05, 3.63) is 41.7 Å². The minimum absolute atomic E-state index is 0.0160. The molecule has 0 radical (unpaired) electrons. The number of rotatable bonds is 6. The van der Waals surface area contributed by atoms with Crippen LogP contribution < -0.4 is 25.4 Å². The van der Waals surface area contributed by atoms with E-state index in [4.69, 9.17) is 41.3 Å². The van der Waals surface area contributed by atoms with Crippen molar-refractivity contribution in [3.63, 3.8) is 0 Å². The Balaban J connectivity index is 1.20. The van der Waals surface area contributed by atoms with Gasteiger partial charge in [0.1, 0.15) is 28.5 Å². The van der Waals surface area contributed by atoms with Gasteiger partial charge in [-0.05, 0) is 56.2 Å². The van der Waals surface area contributed by atoms with E-state index in [0.29, 0.717) is 51.9 Å². The Morgan fingerprint density at radius 2 is 2.00 bits per heavy atom. The molecule has 11 heteroatoms. The highest BCUT2D eigenvalue weighted by Gasteiger charge is 2.48. The van der Waals surface area contributed by atoms with Crippen molar-refractivity contribution < 1.29 is 18.6 Å². The Morgan fingerprint density at radius 3 is 2.81 bits per heavy atom. The Kier molecular flexibility index (Phi) is 6.72. The Hall–Kier alpha value is -4.24. The predicted octanol–water partition coefficient (Wildman–Crippen LogP) is 4.13. The van der Waals surface area contributed by atoms with Crippen LogP contribution in [-0.4, -0.2) is 90.1 Å². The fourth-order valence-electron chi connectivity index (χ4n) is 8.27. The largest absolute Gasteiger partial charge is 0.472 e. The topological polar surface area (TPSA) is 111 Å². The molecule has 4 aromatic rings. The number of hydrogen-bond acceptors (Lipinski definition) is 10. The Morgan fingerprint density at radius 1 is 1.15 bits per heavy atom. The summed E-state index contributed by atoms with van der Waals surface area (Å²) in [6.45, 7) is 7.56. The van der Waals surface area contributed by atoms with Gasteiger partial charge in [0.15, 0.2) is 5.82 Å². The van der Waals surface area contributed by atoms with Crippen LogP contribution in [0.2, 0.25) is 0 Å². The van der Waals surface area contributed by atoms with Gasteiger partial charge in [0.25, 0.3) is 0 Å². The van der Waals surface area contributed by atoms with E-state index in [9.17, 15) is 0 Å². The number of aromatic nitrogens is 3. The van der Waals surface area contributed by atoms with E-state index in [-0.39, 0.29) is 40.8 Å². The molecular formula is C36H38FN7O3. The third kappa shape index (κ3) is 4.84. The van der Waals surface area contributed by atoms with E-state index < -0.39 is 5.82 Å². The fourth-order valence-corrected chi connectivity index (χ4v) is 8.27. The second-order valence-electron chi connectivity index (χ2n) is 13.9. The SMILES string of the molecule is C#Cc1cccc2cc(N)cc(-c3nc4c5c(nc(OCC6(CN7CCOCC7)CC6)nc5c3F)N3C[C@H]5CC[C@H](N5)[C@H]3[C@H](C)O4)c12. The molecule has 0 amide bonds. The van der Waals surface area contributed by atoms with Gasteiger partial charge >= 0.3 is 6.01 Å². The molecular weight excluding hydrogens is 597 g/mol. The van der Waals surface area contributed by atoms with Crippen LogP contribution in [0, 0.1) is 23.6 Å². The molecule has 5 aliphatic rings. The van der Waals surface area contributed by atoms with Crippen molar-refractivity contribution in [1.29, 1.82) is 0 Å². The number of ether oxygens (including phenoxy) is 3. The lowest BCUT2D eigenvalue weighted by atomic mass is 9.96. The zero-order chi connectivity index (χ0) is 31.9. The molecule has 10 nitrogen and oxygen atoms in total. The summed E-state index contributed by atoms with van der Waals surface area (Å²) in [5, 5.41) is 5.74. The van der Waals surface area contributed by atoms with E-state index in [0.717, 1.165) is 70.5 Å². The standard InChI is InChI=1S/C36H38FN7O3/c1-3-21-5-4-6-22-15-23(38)16-25(27(21)22)30-29(37)31-28-33(44-17-24-7-8-26(39-24)32(44)20(2)47-34(28)40-30)42-35(41-31)46-19-36(9-10-36)18-43-11-13-45-14-12-43/h1,4-6,15-16,20,24,26,32,39H,7-14,17-19,38H2,2H3/t20-,24+,26-,32+/m0/s1. The summed E-state index contributed by atoms with van der Waals surface area (Å²) in [4.78, 5) is 19.4. The molecule has 2 aromatic carbocycles. The van der Waals surface area contributed by atoms with Gasteiger partial charge in [0.05, 0.1) is 25.9 Å². The van der Waals surface area contributed by atoms with Gasteiger partial charge in [-0.15, -0.1) is 6.42 Å². The number of benzene rings is 2. The maximum Gasteiger partial charge on any atom is 0.319 e. The number of halogens is 1. The van der Waals surface area contributed by atoms with Crippen molar-refractivity contribution in [3.8, 4) is 35.5 Å². The smallest absolute Gasteiger partial charge is 0.319 e. The van der Waals surface area contributed by atoms with Crippen molar-refractivity contribution in [1.82, 2.24) is 25.2 Å². The highest BCUT2D eigenvalue weighted by molar-refractivity contribution is 6.04. The van der Waals surface area contributed by atoms with E-state index >= 15 is 4.39 Å². The molecule has 0 spiro atoms. The first-order valence-electron chi connectivity index (χ1n) is 16.7. The Bertz CT molecular complexity index is 1950. The van der Waals surface area contributed by atoms with Crippen LogP contribution in [0.5, 0.6) is 11.9 Å². The van der Waals surface area contributed by atoms with Crippen LogP contribution in [-0.2, 0) is 4.74 Å². The molecule has 2 aromatic heterocycles. The van der Waals surface area contributed by atoms with Gasteiger partial charge in [-0.25, -0.2) is 9.37 Å². The fraction of sp³-hybridized carbons (Fsp3) is 0.472. The molecule has 4 atom stereocenters. The predicted molar refractivity (Wildman–Crippen MR) is 178 cm³/mol. The molecule has 9 rings (SSSR count). The molecule has 47 heavy (non-hydrogen) atoms. The first kappa shape index (κ1) is 28.9. The molecule has 6 heterocycles. The second kappa shape index (κ2) is 10.9. The van der Waals surface area contributed by atoms with Crippen molar-refractivity contribution in [2.75, 3.05) is 56.6 Å². The van der Waals surface area contributed by atoms with E-state index in [1.165, 1.54) is 0 Å². The lowest BCUT2D eigenvalue weighted by Crippen LogP contribution is -2.62. The van der Waals surface area contributed by atoms with E-state index in [2.05, 4.69) is 28.0 Å². The van der Waals surface area contributed by atoms with Crippen LogP contribution in [0.1, 0.15) is 38.2 Å². The molecule has 3 N–H and O–H groups in total. The zero-order valence-electron chi connectivity index (χ0n) is 26.5. The third-order valence-electron chi connectivity index (χ3n) is 10.8. The number of hydrogen-bond donors (Lipinski definition) is 2. The molecule has 1 aliphatic carbocycles. The molecule has 3 saturated heterocycles. The van der Waals surface area contributed by atoms with Crippen LogP contribution in [0.3, 0.4) is 0 Å². The van der Waals surface area contributed by atoms with Crippen LogP contribution >= 0.6 is 0 Å². The van der Waals surface area contributed by atoms with E-state index in [1.807, 2.05) is 24.3 Å². The van der Waals surface area contributed by atoms with Crippen LogP contribution in [0.25, 0.3) is 32.9 Å². The number of nitrogens with one attached hydrogen (secondary N) is 1. The van der Waals surface area contributed by atoms with Gasteiger partial charge < -0.3 is 30.2 Å². The number of pyridine rings is 1. The monoisotopic (exact) mass is 635 g/mol. The average Bonchev–Trinajstić information content (AvgIpc) is 3.77. The van der Waals surface area contributed by atoms with Crippen molar-refractivity contribution in [2.45, 2.75) is 56.8 Å². The number of nitrogens with two attached hydrogens (primary N) is 1. The number of terminal acetylenes is 1. The molecule has 242 valence electrons. The number of nitrogens with zero attached hydrogens (tertiary/aromatic N) is 5. The van der Waals surface area contributed by atoms with Gasteiger partial charge in [-0.1, -0.05) is 18.1 Å². The number of fused-ring (bicyclic) bond motifs is 6. The summed E-state index contributed by atoms with van der Waals surface area (Å²) in [6, 6.07) is 9.88. The minimum Gasteiger partial charge on any atom is -0.472 e. The highest BCUT2D eigenvalue weighted by atomic mass is 19.1. The van der Waals surface area contributed by atoms with Gasteiger partial charge in [0, 0.05) is 65.9 Å². The maximum absolute atomic E-state index is 17.2. The zero-order valence-corrected chi connectivity index (χ0v) is 26.5. The third-order valence-corrected chi connectivity index (χ3v) is 10.8. The van der Waals surface area contributed by atoms with Gasteiger partial charge in [-0.3, -0.25) is 4.90 Å². The molecule has 4 fully saturated rings. The first-order chi connectivity index (χ1) is 22.9.